The van der Waals surface area contributed by atoms with Gasteiger partial charge in [-0.05, 0) is 12.1 Å². The zero-order chi connectivity index (χ0) is 21.8. The molecule has 1 atom stereocenters. The Morgan fingerprint density at radius 2 is 1.79 bits per heavy atom. The molecule has 0 aromatic heterocycles. The fourth-order valence-electron chi connectivity index (χ4n) is 2.15. The van der Waals surface area contributed by atoms with Crippen LogP contribution in [-0.2, 0) is 23.9 Å². The minimum Gasteiger partial charge on any atom is -0.487 e. The van der Waals surface area contributed by atoms with Crippen LogP contribution in [0.1, 0.15) is 20.8 Å². The van der Waals surface area contributed by atoms with Gasteiger partial charge < -0.3 is 30.5 Å². The van der Waals surface area contributed by atoms with E-state index in [-0.39, 0.29) is 30.9 Å². The highest BCUT2D eigenvalue weighted by Gasteiger charge is 2.21. The van der Waals surface area contributed by atoms with Gasteiger partial charge in [0, 0.05) is 32.5 Å². The summed E-state index contributed by atoms with van der Waals surface area (Å²) in [5.41, 5.74) is 0.438. The number of esters is 1. The van der Waals surface area contributed by atoms with Crippen LogP contribution in [0.4, 0.5) is 5.69 Å². The molecule has 0 spiro atoms. The number of anilines is 1. The van der Waals surface area contributed by atoms with Gasteiger partial charge in [-0.2, -0.15) is 0 Å². The number of benzene rings is 1. The van der Waals surface area contributed by atoms with Crippen LogP contribution in [0.2, 0.25) is 0 Å². The summed E-state index contributed by atoms with van der Waals surface area (Å²) >= 11 is 0. The Morgan fingerprint density at radius 3 is 2.41 bits per heavy atom. The van der Waals surface area contributed by atoms with Gasteiger partial charge in [0.05, 0.1) is 5.69 Å². The number of carboxylic acid groups (broad SMARTS) is 1. The summed E-state index contributed by atoms with van der Waals surface area (Å²) in [5.74, 6) is -3.25. The molecule has 0 fully saturated rings. The van der Waals surface area contributed by atoms with Crippen LogP contribution in [0, 0.1) is 5.92 Å². The van der Waals surface area contributed by atoms with Crippen LogP contribution in [0.25, 0.3) is 0 Å². The lowest BCUT2D eigenvalue weighted by atomic mass is 10.2. The number of rotatable bonds is 11. The first-order valence-electron chi connectivity index (χ1n) is 9.12. The number of carbonyl (C=O) groups excluding carboxylic acids is 3. The smallest absolute Gasteiger partial charge is 0.417 e. The molecule has 0 saturated carbocycles. The quantitative estimate of drug-likeness (QED) is 0.233. The SMILES string of the molecule is CC(=O)Nc1ccccc1OCC(CNCCNC(=O)C(C)C)OC(=O)C(=O)O. The normalized spacial score (nSPS) is 11.4. The maximum atomic E-state index is 11.5. The Labute approximate surface area is 168 Å². The van der Waals surface area contributed by atoms with E-state index in [4.69, 9.17) is 14.6 Å². The topological polar surface area (TPSA) is 143 Å². The van der Waals surface area contributed by atoms with Crippen molar-refractivity contribution < 1.29 is 33.8 Å². The van der Waals surface area contributed by atoms with Gasteiger partial charge in [-0.3, -0.25) is 9.59 Å². The zero-order valence-corrected chi connectivity index (χ0v) is 16.7. The van der Waals surface area contributed by atoms with Crippen molar-refractivity contribution in [1.82, 2.24) is 10.6 Å². The highest BCUT2D eigenvalue weighted by atomic mass is 16.6. The molecule has 1 aromatic carbocycles. The predicted molar refractivity (Wildman–Crippen MR) is 104 cm³/mol. The maximum absolute atomic E-state index is 11.5. The monoisotopic (exact) mass is 409 g/mol. The van der Waals surface area contributed by atoms with Gasteiger partial charge in [-0.15, -0.1) is 0 Å². The minimum absolute atomic E-state index is 0.0847. The van der Waals surface area contributed by atoms with Crippen LogP contribution in [0.5, 0.6) is 5.75 Å². The van der Waals surface area contributed by atoms with E-state index < -0.39 is 18.0 Å². The molecular formula is C19H27N3O7. The number of ether oxygens (including phenoxy) is 2. The third kappa shape index (κ3) is 9.56. The van der Waals surface area contributed by atoms with E-state index in [9.17, 15) is 19.2 Å². The van der Waals surface area contributed by atoms with Crippen molar-refractivity contribution >= 4 is 29.4 Å². The summed E-state index contributed by atoms with van der Waals surface area (Å²) in [4.78, 5) is 45.0. The van der Waals surface area contributed by atoms with Gasteiger partial charge in [0.15, 0.2) is 0 Å². The molecule has 0 bridgehead atoms. The van der Waals surface area contributed by atoms with E-state index >= 15 is 0 Å². The summed E-state index contributed by atoms with van der Waals surface area (Å²) in [6.07, 6.45) is -0.898. The van der Waals surface area contributed by atoms with Crippen LogP contribution >= 0.6 is 0 Å². The molecule has 0 aliphatic carbocycles. The Kier molecular flexibility index (Phi) is 10.2. The standard InChI is InChI=1S/C19H27N3O7/c1-12(2)17(24)21-9-8-20-10-14(29-19(27)18(25)26)11-28-16-7-5-4-6-15(16)22-13(3)23/h4-7,12,14,20H,8-11H2,1-3H3,(H,21,24)(H,22,23)(H,25,26). The summed E-state index contributed by atoms with van der Waals surface area (Å²) in [5, 5.41) is 17.1. The minimum atomic E-state index is -1.71. The number of carboxylic acids is 1. The van der Waals surface area contributed by atoms with Crippen molar-refractivity contribution in [2.45, 2.75) is 26.9 Å². The van der Waals surface area contributed by atoms with Gasteiger partial charge in [-0.25, -0.2) is 9.59 Å². The molecule has 160 valence electrons. The predicted octanol–water partition coefficient (Wildman–Crippen LogP) is 0.382. The van der Waals surface area contributed by atoms with Crippen molar-refractivity contribution in [3.8, 4) is 5.75 Å². The molecule has 0 heterocycles. The molecule has 29 heavy (non-hydrogen) atoms. The summed E-state index contributed by atoms with van der Waals surface area (Å²) < 4.78 is 10.5. The fraction of sp³-hybridized carbons (Fsp3) is 0.474. The Hall–Kier alpha value is -3.14. The lowest BCUT2D eigenvalue weighted by Gasteiger charge is -2.19. The highest BCUT2D eigenvalue weighted by molar-refractivity contribution is 6.28. The van der Waals surface area contributed by atoms with Gasteiger partial charge in [0.25, 0.3) is 0 Å². The second-order valence-electron chi connectivity index (χ2n) is 6.47. The molecule has 0 radical (unpaired) electrons. The van der Waals surface area contributed by atoms with Gasteiger partial charge in [0.2, 0.25) is 11.8 Å². The number of aliphatic carboxylic acids is 1. The molecule has 0 saturated heterocycles. The van der Waals surface area contributed by atoms with Crippen LogP contribution in [0.15, 0.2) is 24.3 Å². The van der Waals surface area contributed by atoms with Crippen LogP contribution in [0.3, 0.4) is 0 Å². The molecular weight excluding hydrogens is 382 g/mol. The molecule has 0 aliphatic rings. The first-order valence-corrected chi connectivity index (χ1v) is 9.12. The van der Waals surface area contributed by atoms with Crippen molar-refractivity contribution in [1.29, 1.82) is 0 Å². The Morgan fingerprint density at radius 1 is 1.10 bits per heavy atom. The molecule has 2 amide bonds. The molecule has 1 unspecified atom stereocenters. The lowest BCUT2D eigenvalue weighted by molar-refractivity contribution is -0.168. The Balaban J connectivity index is 2.62. The molecule has 10 heteroatoms. The summed E-state index contributed by atoms with van der Waals surface area (Å²) in [6, 6.07) is 6.68. The average Bonchev–Trinajstić information content (AvgIpc) is 2.65. The molecule has 1 aromatic rings. The van der Waals surface area contributed by atoms with Crippen LogP contribution < -0.4 is 20.7 Å². The van der Waals surface area contributed by atoms with E-state index in [1.54, 1.807) is 38.1 Å². The number of carbonyl (C=O) groups is 4. The number of nitrogens with one attached hydrogen (secondary N) is 3. The number of para-hydroxylation sites is 2. The van der Waals surface area contributed by atoms with E-state index in [1.807, 2.05) is 0 Å². The fourth-order valence-corrected chi connectivity index (χ4v) is 2.15. The molecule has 4 N–H and O–H groups in total. The number of hydrogen-bond donors (Lipinski definition) is 4. The van der Waals surface area contributed by atoms with E-state index in [1.165, 1.54) is 6.92 Å². The summed E-state index contributed by atoms with van der Waals surface area (Å²) in [7, 11) is 0. The van der Waals surface area contributed by atoms with Crippen LogP contribution in [-0.4, -0.2) is 61.2 Å². The van der Waals surface area contributed by atoms with Crippen molar-refractivity contribution in [3.63, 3.8) is 0 Å². The second kappa shape index (κ2) is 12.3. The third-order valence-corrected chi connectivity index (χ3v) is 3.57. The first-order chi connectivity index (χ1) is 13.7. The van der Waals surface area contributed by atoms with E-state index in [0.29, 0.717) is 24.5 Å². The average molecular weight is 409 g/mol. The van der Waals surface area contributed by atoms with Gasteiger partial charge in [0.1, 0.15) is 18.5 Å². The van der Waals surface area contributed by atoms with Gasteiger partial charge >= 0.3 is 11.9 Å². The van der Waals surface area contributed by atoms with Crippen molar-refractivity contribution in [2.24, 2.45) is 5.92 Å². The Bertz CT molecular complexity index is 722. The summed E-state index contributed by atoms with van der Waals surface area (Å²) in [6.45, 7) is 5.64. The first kappa shape index (κ1) is 23.9. The molecule has 1 rings (SSSR count). The third-order valence-electron chi connectivity index (χ3n) is 3.57. The van der Waals surface area contributed by atoms with E-state index in [0.717, 1.165) is 0 Å². The molecule has 10 nitrogen and oxygen atoms in total. The zero-order valence-electron chi connectivity index (χ0n) is 16.7. The van der Waals surface area contributed by atoms with Gasteiger partial charge in [-0.1, -0.05) is 26.0 Å². The second-order valence-corrected chi connectivity index (χ2v) is 6.47. The lowest BCUT2D eigenvalue weighted by Crippen LogP contribution is -2.40. The largest absolute Gasteiger partial charge is 0.487 e. The van der Waals surface area contributed by atoms with E-state index in [2.05, 4.69) is 16.0 Å². The van der Waals surface area contributed by atoms with Crippen molar-refractivity contribution in [3.05, 3.63) is 24.3 Å². The number of hydrogen-bond acceptors (Lipinski definition) is 7. The number of amides is 2. The van der Waals surface area contributed by atoms with Crippen molar-refractivity contribution in [2.75, 3.05) is 31.6 Å². The molecule has 0 aliphatic heterocycles. The maximum Gasteiger partial charge on any atom is 0.417 e. The highest BCUT2D eigenvalue weighted by Crippen LogP contribution is 2.23.